The first-order chi connectivity index (χ1) is 17.3. The summed E-state index contributed by atoms with van der Waals surface area (Å²) < 4.78 is 0. The van der Waals surface area contributed by atoms with Crippen LogP contribution in [0.4, 0.5) is 0 Å². The molecule has 0 radical (unpaired) electrons. The third kappa shape index (κ3) is 14.0. The maximum atomic E-state index is 13.1. The Morgan fingerprint density at radius 3 is 2.08 bits per heavy atom. The van der Waals surface area contributed by atoms with Gasteiger partial charge in [-0.05, 0) is 38.6 Å². The minimum absolute atomic E-state index is 0.00558. The van der Waals surface area contributed by atoms with Crippen molar-refractivity contribution in [2.45, 2.75) is 115 Å². The van der Waals surface area contributed by atoms with E-state index in [1.165, 1.54) is 19.3 Å². The van der Waals surface area contributed by atoms with Gasteiger partial charge in [0, 0.05) is 18.9 Å². The molecule has 0 aromatic rings. The Morgan fingerprint density at radius 2 is 1.42 bits per heavy atom. The van der Waals surface area contributed by atoms with E-state index >= 15 is 0 Å². The van der Waals surface area contributed by atoms with Gasteiger partial charge in [-0.3, -0.25) is 24.0 Å². The van der Waals surface area contributed by atoms with Gasteiger partial charge >= 0.3 is 5.97 Å². The topological polar surface area (TPSA) is 180 Å². The number of carbonyl (C=O) groups is 5. The number of carbonyl (C=O) groups excluding carboxylic acids is 4. The van der Waals surface area contributed by atoms with Crippen LogP contribution in [0.1, 0.15) is 96.8 Å². The summed E-state index contributed by atoms with van der Waals surface area (Å²) in [5.41, 5.74) is 5.53. The van der Waals surface area contributed by atoms with Crippen LogP contribution >= 0.6 is 0 Å². The molecule has 1 aliphatic rings. The number of rotatable bonds is 15. The van der Waals surface area contributed by atoms with Crippen LogP contribution in [-0.4, -0.2) is 65.9 Å². The summed E-state index contributed by atoms with van der Waals surface area (Å²) in [5.74, 6) is -3.08. The van der Waals surface area contributed by atoms with Crippen molar-refractivity contribution in [3.63, 3.8) is 0 Å². The summed E-state index contributed by atoms with van der Waals surface area (Å²) in [6.07, 6.45) is 9.28. The quantitative estimate of drug-likeness (QED) is 0.178. The van der Waals surface area contributed by atoms with Crippen molar-refractivity contribution >= 4 is 29.6 Å². The summed E-state index contributed by atoms with van der Waals surface area (Å²) >= 11 is 0. The molecule has 11 nitrogen and oxygen atoms in total. The average Bonchev–Trinajstić information content (AvgIpc) is 2.83. The first-order valence-electron chi connectivity index (χ1n) is 13.4. The molecule has 7 N–H and O–H groups in total. The highest BCUT2D eigenvalue weighted by molar-refractivity contribution is 5.94. The molecule has 36 heavy (non-hydrogen) atoms. The normalized spacial score (nSPS) is 21.8. The van der Waals surface area contributed by atoms with Crippen molar-refractivity contribution in [3.8, 4) is 0 Å². The molecule has 1 rings (SSSR count). The third-order valence-corrected chi connectivity index (χ3v) is 6.26. The molecule has 0 aromatic heterocycles. The molecule has 0 bridgehead atoms. The van der Waals surface area contributed by atoms with Crippen molar-refractivity contribution in [2.75, 3.05) is 13.1 Å². The second-order valence-corrected chi connectivity index (χ2v) is 9.49. The Bertz CT molecular complexity index is 717. The lowest BCUT2D eigenvalue weighted by Crippen LogP contribution is -2.55. The largest absolute Gasteiger partial charge is 0.481 e. The van der Waals surface area contributed by atoms with E-state index in [1.807, 2.05) is 0 Å². The molecule has 0 spiro atoms. The average molecular weight is 512 g/mol. The molecule has 1 fully saturated rings. The van der Waals surface area contributed by atoms with Crippen LogP contribution in [0.5, 0.6) is 0 Å². The third-order valence-electron chi connectivity index (χ3n) is 6.26. The van der Waals surface area contributed by atoms with Gasteiger partial charge in [-0.25, -0.2) is 0 Å². The van der Waals surface area contributed by atoms with E-state index in [-0.39, 0.29) is 31.7 Å². The van der Waals surface area contributed by atoms with E-state index in [1.54, 1.807) is 0 Å². The molecule has 3 atom stereocenters. The van der Waals surface area contributed by atoms with Gasteiger partial charge in [-0.1, -0.05) is 51.9 Å². The first-order valence-corrected chi connectivity index (χ1v) is 13.4. The number of carboxylic acids is 1. The zero-order valence-corrected chi connectivity index (χ0v) is 21.6. The molecule has 1 heterocycles. The van der Waals surface area contributed by atoms with Crippen molar-refractivity contribution < 1.29 is 29.1 Å². The van der Waals surface area contributed by atoms with Crippen LogP contribution in [0.15, 0.2) is 0 Å². The van der Waals surface area contributed by atoms with Crippen molar-refractivity contribution in [1.29, 1.82) is 0 Å². The van der Waals surface area contributed by atoms with E-state index in [2.05, 4.69) is 28.2 Å². The molecule has 206 valence electrons. The number of hydrogen-bond acceptors (Lipinski definition) is 6. The van der Waals surface area contributed by atoms with E-state index in [4.69, 9.17) is 10.8 Å². The van der Waals surface area contributed by atoms with E-state index < -0.39 is 41.8 Å². The molecule has 1 saturated heterocycles. The number of hydrogen-bond donors (Lipinski definition) is 6. The summed E-state index contributed by atoms with van der Waals surface area (Å²) in [7, 11) is 0. The van der Waals surface area contributed by atoms with E-state index in [0.717, 1.165) is 25.7 Å². The Hall–Kier alpha value is -2.69. The fraction of sp³-hybridized carbons (Fsp3) is 0.800. The predicted octanol–water partition coefficient (Wildman–Crippen LogP) is 1.10. The monoisotopic (exact) mass is 511 g/mol. The minimum atomic E-state index is -1.09. The maximum Gasteiger partial charge on any atom is 0.303 e. The zero-order valence-electron chi connectivity index (χ0n) is 21.6. The molecular formula is C25H45N5O6. The van der Waals surface area contributed by atoms with Crippen LogP contribution < -0.4 is 27.0 Å². The molecule has 4 amide bonds. The van der Waals surface area contributed by atoms with Crippen LogP contribution in [0.2, 0.25) is 0 Å². The SMILES string of the molecule is CCCCCCCCCC1CC(=O)NCC(=O)N[C@@H](CCCCN)C(=O)NC(CCC(=O)O)C(=O)N1. The molecule has 2 unspecified atom stereocenters. The highest BCUT2D eigenvalue weighted by Crippen LogP contribution is 2.12. The predicted molar refractivity (Wildman–Crippen MR) is 136 cm³/mol. The van der Waals surface area contributed by atoms with Gasteiger partial charge in [0.1, 0.15) is 12.1 Å². The fourth-order valence-electron chi connectivity index (χ4n) is 4.17. The van der Waals surface area contributed by atoms with E-state index in [0.29, 0.717) is 32.2 Å². The Labute approximate surface area is 214 Å². The Morgan fingerprint density at radius 1 is 0.806 bits per heavy atom. The molecule has 0 aromatic carbocycles. The highest BCUT2D eigenvalue weighted by Gasteiger charge is 2.29. The summed E-state index contributed by atoms with van der Waals surface area (Å²) in [4.78, 5) is 62.1. The standard InChI is InChI=1S/C25H45N5O6/c1-2-3-4-5-6-7-8-11-18-16-21(31)27-17-22(32)29-19(12-9-10-15-26)25(36)30-20(24(35)28-18)13-14-23(33)34/h18-20H,2-17,26H2,1H3,(H,27,31)(H,28,35)(H,29,32)(H,30,36)(H,33,34)/t18?,19-,20?/m0/s1. The number of aliphatic carboxylic acids is 1. The lowest BCUT2D eigenvalue weighted by Gasteiger charge is -2.24. The number of carboxylic acid groups (broad SMARTS) is 1. The number of nitrogens with two attached hydrogens (primary N) is 1. The Kier molecular flexibility index (Phi) is 16.2. The van der Waals surface area contributed by atoms with Crippen LogP contribution in [0.25, 0.3) is 0 Å². The summed E-state index contributed by atoms with van der Waals surface area (Å²) in [6, 6.07) is -2.50. The Balaban J connectivity index is 2.93. The van der Waals surface area contributed by atoms with Gasteiger partial charge in [0.25, 0.3) is 0 Å². The van der Waals surface area contributed by atoms with Crippen molar-refractivity contribution in [3.05, 3.63) is 0 Å². The van der Waals surface area contributed by atoms with Crippen molar-refractivity contribution in [1.82, 2.24) is 21.3 Å². The lowest BCUT2D eigenvalue weighted by molar-refractivity contribution is -0.138. The molecule has 1 aliphatic heterocycles. The van der Waals surface area contributed by atoms with Gasteiger partial charge in [-0.15, -0.1) is 0 Å². The number of unbranched alkanes of at least 4 members (excludes halogenated alkanes) is 7. The zero-order chi connectivity index (χ0) is 26.8. The number of amides is 4. The molecule has 11 heteroatoms. The second kappa shape index (κ2) is 18.6. The number of nitrogens with one attached hydrogen (secondary N) is 4. The van der Waals surface area contributed by atoms with Crippen LogP contribution in [-0.2, 0) is 24.0 Å². The van der Waals surface area contributed by atoms with Gasteiger partial charge in [0.2, 0.25) is 23.6 Å². The molecular weight excluding hydrogens is 466 g/mol. The lowest BCUT2D eigenvalue weighted by atomic mass is 10.0. The second-order valence-electron chi connectivity index (χ2n) is 9.49. The molecule has 0 saturated carbocycles. The minimum Gasteiger partial charge on any atom is -0.481 e. The van der Waals surface area contributed by atoms with Gasteiger partial charge in [0.05, 0.1) is 6.54 Å². The van der Waals surface area contributed by atoms with Crippen molar-refractivity contribution in [2.24, 2.45) is 5.73 Å². The fourth-order valence-corrected chi connectivity index (χ4v) is 4.17. The summed E-state index contributed by atoms with van der Waals surface area (Å²) in [5, 5.41) is 19.7. The van der Waals surface area contributed by atoms with Crippen LogP contribution in [0.3, 0.4) is 0 Å². The van der Waals surface area contributed by atoms with Gasteiger partial charge < -0.3 is 32.1 Å². The van der Waals surface area contributed by atoms with Gasteiger partial charge in [0.15, 0.2) is 0 Å². The molecule has 0 aliphatic carbocycles. The van der Waals surface area contributed by atoms with Gasteiger partial charge in [-0.2, -0.15) is 0 Å². The summed E-state index contributed by atoms with van der Waals surface area (Å²) in [6.45, 7) is 2.32. The smallest absolute Gasteiger partial charge is 0.303 e. The maximum absolute atomic E-state index is 13.1. The van der Waals surface area contributed by atoms with Crippen LogP contribution in [0, 0.1) is 0 Å². The highest BCUT2D eigenvalue weighted by atomic mass is 16.4. The van der Waals surface area contributed by atoms with E-state index in [9.17, 15) is 24.0 Å². The first kappa shape index (κ1) is 31.3.